The largest absolute Gasteiger partial charge is 0.390 e. The van der Waals surface area contributed by atoms with E-state index in [1.165, 1.54) is 95.6 Å². The summed E-state index contributed by atoms with van der Waals surface area (Å²) in [6.07, 6.45) is -4.66. The van der Waals surface area contributed by atoms with Gasteiger partial charge in [0.2, 0.25) is 0 Å². The second kappa shape index (κ2) is 37.7. The van der Waals surface area contributed by atoms with Gasteiger partial charge in [-0.15, -0.1) is 42.1 Å². The highest BCUT2D eigenvalue weighted by Gasteiger charge is 2.64. The first-order valence-electron chi connectivity index (χ1n) is 54.8. The molecule has 24 heteroatoms. The van der Waals surface area contributed by atoms with E-state index in [2.05, 4.69) is 349 Å². The highest BCUT2D eigenvalue weighted by Crippen LogP contribution is 2.60. The average molecular weight is 2050 g/mol. The van der Waals surface area contributed by atoms with Gasteiger partial charge in [-0.2, -0.15) is 40.4 Å². The molecule has 0 radical (unpaired) electrons. The van der Waals surface area contributed by atoms with E-state index in [0.717, 1.165) is 111 Å². The maximum absolute atomic E-state index is 13.4. The molecule has 0 N–H and O–H groups in total. The maximum atomic E-state index is 13.4. The van der Waals surface area contributed by atoms with Gasteiger partial charge in [0, 0.05) is 50.4 Å². The lowest BCUT2D eigenvalue weighted by atomic mass is 9.58. The van der Waals surface area contributed by atoms with Crippen molar-refractivity contribution in [1.29, 1.82) is 0 Å². The molecule has 12 heterocycles. The minimum absolute atomic E-state index is 0.00273. The Morgan fingerprint density at radius 3 is 0.773 bits per heavy atom. The normalized spacial score (nSPS) is 21.6. The van der Waals surface area contributed by atoms with E-state index < -0.39 is 53.7 Å². The third-order valence-corrected chi connectivity index (χ3v) is 38.2. The second-order valence-corrected chi connectivity index (χ2v) is 48.3. The van der Waals surface area contributed by atoms with E-state index >= 15 is 0 Å². The Morgan fingerprint density at radius 2 is 0.500 bits per heavy atom. The van der Waals surface area contributed by atoms with Crippen LogP contribution in [0.1, 0.15) is 331 Å². The van der Waals surface area contributed by atoms with Crippen LogP contribution in [-0.4, -0.2) is 70.3 Å². The number of rotatable bonds is 9. The van der Waals surface area contributed by atoms with Crippen molar-refractivity contribution in [3.05, 3.63) is 318 Å². The lowest BCUT2D eigenvalue weighted by Gasteiger charge is -2.46. The average Bonchev–Trinajstić information content (AvgIpc) is 1.47. The zero-order chi connectivity index (χ0) is 113. The molecule has 9 aromatic carbocycles. The molecule has 150 heavy (non-hydrogen) atoms. The topological polar surface area (TPSA) is 130 Å². The first-order valence-corrected chi connectivity index (χ1v) is 53.3. The molecule has 6 aromatic heterocycles. The predicted molar refractivity (Wildman–Crippen MR) is 586 cm³/mol. The van der Waals surface area contributed by atoms with E-state index in [-0.39, 0.29) is 43.3 Å². The zero-order valence-electron chi connectivity index (χ0n) is 99.4. The first kappa shape index (κ1) is 106. The molecule has 792 valence electrons. The molecule has 0 spiro atoms. The van der Waals surface area contributed by atoms with Crippen LogP contribution in [-0.2, 0) is 107 Å². The lowest BCUT2D eigenvalue weighted by Crippen LogP contribution is -2.54. The van der Waals surface area contributed by atoms with Crippen molar-refractivity contribution in [2.45, 2.75) is 351 Å². The van der Waals surface area contributed by atoms with Crippen LogP contribution in [0.25, 0.3) is 68.3 Å². The van der Waals surface area contributed by atoms with Gasteiger partial charge in [-0.25, -0.2) is 0 Å². The van der Waals surface area contributed by atoms with Crippen molar-refractivity contribution in [3.8, 4) is 68.3 Å². The monoisotopic (exact) mass is 2040 g/mol. The van der Waals surface area contributed by atoms with Gasteiger partial charge in [-0.3, -0.25) is 0 Å². The molecule has 6 aliphatic heterocycles. The molecule has 0 amide bonds. The van der Waals surface area contributed by atoms with Crippen LogP contribution in [0, 0.1) is 83.0 Å². The van der Waals surface area contributed by atoms with Crippen molar-refractivity contribution < 1.29 is 58.5 Å². The number of hydrogen-bond acceptors (Lipinski definition) is 6. The van der Waals surface area contributed by atoms with E-state index in [0.29, 0.717) is 23.0 Å². The number of fused-ring (bicyclic) bond motifs is 18. The van der Waals surface area contributed by atoms with Gasteiger partial charge in [-0.05, 0) is 292 Å². The standard InChI is InChI=1S/2C25H32N3.C23H28N3.C18H23F3N3.C18H26N3.C17H21F3N3/c2*1-9-25(7)23-26-22(19-14-16(2)13-17(3)15-19)27(8)28(23)21-18(4)11-10-12-20(21)24(25,5)6;1-7-23(5)21-24-20(17-13-9-8-10-14-17)25(6)26(21)19-16(2)12-11-15-18(19)22(23,3)4;1-11-8-7-9-13-14(11)24-15(22-12(2)23(24)6)17(5,16(13,3)4)10-18(19,20)21;1-8-18(6)16-19-13(3)20(7)21(16)15-12(2)10-9-11-14(15)17(18,4)5;1-11-7-6-8-12-13(11)23-14(21-10-22(23)5)16(4,15(12,2)3)9-17(18,19)20/h2*10-15H,9H2,1-8H3;8-15H,7H2,1-6H3;7-9H,10H2,1-6H3;9-11H,8H2,1-7H3;6-8,10H,9H2,1-5H3/q6*+1/i2D3;;;;;. The maximum Gasteiger partial charge on any atom is 0.390 e. The number of nitrogens with zero attached hydrogens (tertiary/aromatic N) is 18. The summed E-state index contributed by atoms with van der Waals surface area (Å²) in [6, 6.07) is 61.0. The van der Waals surface area contributed by atoms with Gasteiger partial charge >= 0.3 is 47.8 Å². The summed E-state index contributed by atoms with van der Waals surface area (Å²) in [6.45, 7) is 69.0. The molecular formula is C126H162F6N18+6. The number of hydrogen-bond donors (Lipinski definition) is 0. The number of aromatic nitrogens is 18. The summed E-state index contributed by atoms with van der Waals surface area (Å²) in [5, 5.41) is 0. The van der Waals surface area contributed by atoms with Gasteiger partial charge in [0.1, 0.15) is 42.3 Å². The second-order valence-electron chi connectivity index (χ2n) is 48.3. The zero-order valence-corrected chi connectivity index (χ0v) is 96.4. The van der Waals surface area contributed by atoms with Crippen molar-refractivity contribution in [2.75, 3.05) is 0 Å². The van der Waals surface area contributed by atoms with E-state index in [9.17, 15) is 26.3 Å². The summed E-state index contributed by atoms with van der Waals surface area (Å²) in [5.41, 5.74) is 24.5. The summed E-state index contributed by atoms with van der Waals surface area (Å²) in [7, 11) is 12.1. The van der Waals surface area contributed by atoms with Gasteiger partial charge in [0.15, 0.2) is 0 Å². The molecule has 6 unspecified atom stereocenters. The molecule has 21 rings (SSSR count). The number of halogens is 6. The highest BCUT2D eigenvalue weighted by molar-refractivity contribution is 5.66. The van der Waals surface area contributed by atoms with Gasteiger partial charge < -0.3 is 0 Å². The summed E-state index contributed by atoms with van der Waals surface area (Å²) >= 11 is 0. The van der Waals surface area contributed by atoms with Gasteiger partial charge in [-0.1, -0.05) is 250 Å². The van der Waals surface area contributed by atoms with Crippen LogP contribution in [0.5, 0.6) is 0 Å². The third kappa shape index (κ3) is 16.7. The summed E-state index contributed by atoms with van der Waals surface area (Å²) in [4.78, 5) is 29.5. The van der Waals surface area contributed by atoms with Crippen LogP contribution in [0.3, 0.4) is 0 Å². The molecule has 15 aromatic rings. The van der Waals surface area contributed by atoms with Crippen molar-refractivity contribution in [2.24, 2.45) is 42.3 Å². The van der Waals surface area contributed by atoms with Crippen LogP contribution >= 0.6 is 0 Å². The summed E-state index contributed by atoms with van der Waals surface area (Å²) < 4.78 is 129. The van der Waals surface area contributed by atoms with E-state index in [4.69, 9.17) is 24.0 Å². The molecule has 6 atom stereocenters. The minimum Gasteiger partial charge on any atom is -0.171 e. The van der Waals surface area contributed by atoms with Crippen molar-refractivity contribution in [1.82, 2.24) is 58.0 Å². The number of aryl methyl sites for hydroxylation is 13. The highest BCUT2D eigenvalue weighted by atomic mass is 19.4. The van der Waals surface area contributed by atoms with E-state index in [1.807, 2.05) is 126 Å². The quantitative estimate of drug-likeness (QED) is 0.104. The van der Waals surface area contributed by atoms with Crippen molar-refractivity contribution in [3.63, 3.8) is 0 Å². The fraction of sp³-hybridized carbons (Fsp3) is 0.476. The van der Waals surface area contributed by atoms with Crippen LogP contribution in [0.2, 0.25) is 0 Å². The Balaban J connectivity index is 0.000000131. The number of benzene rings is 9. The molecule has 0 aliphatic carbocycles. The Morgan fingerprint density at radius 1 is 0.267 bits per heavy atom. The molecule has 0 saturated carbocycles. The van der Waals surface area contributed by atoms with Crippen molar-refractivity contribution >= 4 is 0 Å². The smallest absolute Gasteiger partial charge is 0.171 e. The van der Waals surface area contributed by atoms with Crippen LogP contribution < -0.4 is 28.1 Å². The van der Waals surface area contributed by atoms with Crippen LogP contribution in [0.15, 0.2) is 182 Å². The lowest BCUT2D eigenvalue weighted by molar-refractivity contribution is -0.751. The van der Waals surface area contributed by atoms with Gasteiger partial charge in [0.25, 0.3) is 34.9 Å². The Bertz CT molecular complexity index is 7940. The minimum atomic E-state index is -4.27. The number of alkyl halides is 6. The molecule has 6 aliphatic rings. The fourth-order valence-corrected chi connectivity index (χ4v) is 25.9. The molecule has 0 fully saturated rings. The summed E-state index contributed by atoms with van der Waals surface area (Å²) in [5.74, 6) is 10.1. The van der Waals surface area contributed by atoms with E-state index in [1.54, 1.807) is 44.0 Å². The Labute approximate surface area is 891 Å². The third-order valence-electron chi connectivity index (χ3n) is 38.2. The Hall–Kier alpha value is -12.6. The SMILES string of the molecule is CCC1(C)c2nc(-c3cc(C)cc(C)c3)[n+](C)n2-c2c(C)cccc2C1(C)C.CCC1(C)c2nc(-c3ccccc3)[n+](C)n2-c2c(C)cccc2C1(C)C.CCC1(C)c2nc(C)[n+](C)n2-c2c(C)cccc2C1(C)C.Cc1cccc2c1-n1c(nc(C)[n+]1C)C(C)(CC(F)(F)F)C2(C)C.Cc1cccc2c1-n1c(nc[n+]1C)C(C)(CC(F)(F)F)C2(C)C.[2H]C([2H])([2H])c1cc(C)cc(-c2nc3n([n+]2C)-c2c(C)cccc2C(C)(C)C3(C)CC)c1. The Kier molecular flexibility index (Phi) is 26.6. The predicted octanol–water partition coefficient (Wildman–Crippen LogP) is 25.7. The first-order chi connectivity index (χ1) is 70.9. The number of para-hydroxylation sites is 6. The molecular weight excluding hydrogens is 1880 g/mol. The molecule has 0 saturated heterocycles. The van der Waals surface area contributed by atoms with Gasteiger partial charge in [0.05, 0.1) is 96.1 Å². The molecule has 0 bridgehead atoms. The molecule has 18 nitrogen and oxygen atoms in total. The fourth-order valence-electron chi connectivity index (χ4n) is 25.9. The van der Waals surface area contributed by atoms with Crippen LogP contribution in [0.4, 0.5) is 26.3 Å².